The molecule has 6 heteroatoms. The maximum Gasteiger partial charge on any atom is 0.331 e. The summed E-state index contributed by atoms with van der Waals surface area (Å²) in [6.07, 6.45) is 9.66. The molecule has 0 aromatic heterocycles. The molecule has 0 bridgehead atoms. The van der Waals surface area contributed by atoms with Gasteiger partial charge in [0.15, 0.2) is 0 Å². The van der Waals surface area contributed by atoms with Crippen molar-refractivity contribution in [2.75, 3.05) is 6.61 Å². The van der Waals surface area contributed by atoms with Gasteiger partial charge in [-0.15, -0.1) is 0 Å². The molecule has 0 amide bonds. The number of aliphatic hydroxyl groups excluding tert-OH is 1. The van der Waals surface area contributed by atoms with Gasteiger partial charge in [-0.2, -0.15) is 0 Å². The number of carbonyl (C=O) groups excluding carboxylic acids is 2. The maximum atomic E-state index is 12.4. The lowest BCUT2D eigenvalue weighted by Crippen LogP contribution is -2.72. The highest BCUT2D eigenvalue weighted by Gasteiger charge is 2.70. The predicted octanol–water partition coefficient (Wildman–Crippen LogP) is 4.32. The van der Waals surface area contributed by atoms with Gasteiger partial charge in [0.25, 0.3) is 0 Å². The lowest BCUT2D eigenvalue weighted by Gasteiger charge is -2.68. The number of ether oxygens (including phenoxy) is 2. The fourth-order valence-corrected chi connectivity index (χ4v) is 8.35. The van der Waals surface area contributed by atoms with E-state index in [9.17, 15) is 19.8 Å². The van der Waals surface area contributed by atoms with Crippen molar-refractivity contribution in [1.29, 1.82) is 0 Å². The van der Waals surface area contributed by atoms with Crippen LogP contribution < -0.4 is 0 Å². The molecule has 2 N–H and O–H groups in total. The average molecular weight is 463 g/mol. The minimum absolute atomic E-state index is 0.117. The fraction of sp³-hybridized carbons (Fsp3) is 0.852. The molecule has 1 heterocycles. The van der Waals surface area contributed by atoms with Gasteiger partial charge < -0.3 is 19.7 Å². The van der Waals surface area contributed by atoms with Gasteiger partial charge in [-0.25, -0.2) is 4.79 Å². The number of aliphatic hydroxyl groups is 2. The van der Waals surface area contributed by atoms with E-state index in [1.165, 1.54) is 32.3 Å². The molecular weight excluding hydrogens is 420 g/mol. The summed E-state index contributed by atoms with van der Waals surface area (Å²) < 4.78 is 11.1. The van der Waals surface area contributed by atoms with Crippen LogP contribution in [0.3, 0.4) is 0 Å². The molecule has 0 spiro atoms. The molecule has 7 atom stereocenters. The first kappa shape index (κ1) is 24.7. The van der Waals surface area contributed by atoms with Crippen LogP contribution in [0.15, 0.2) is 11.6 Å². The van der Waals surface area contributed by atoms with Crippen molar-refractivity contribution in [1.82, 2.24) is 0 Å². The average Bonchev–Trinajstić information content (AvgIpc) is 3.19. The van der Waals surface area contributed by atoms with Gasteiger partial charge >= 0.3 is 11.9 Å². The molecule has 1 aliphatic heterocycles. The molecule has 3 fully saturated rings. The molecule has 186 valence electrons. The zero-order chi connectivity index (χ0) is 24.0. The Kier molecular flexibility index (Phi) is 6.74. The van der Waals surface area contributed by atoms with Crippen LogP contribution >= 0.6 is 0 Å². The summed E-state index contributed by atoms with van der Waals surface area (Å²) in [5.74, 6) is -0.405. The number of carbonyl (C=O) groups is 2. The van der Waals surface area contributed by atoms with Crippen LogP contribution in [0.4, 0.5) is 0 Å². The molecule has 0 radical (unpaired) electrons. The summed E-state index contributed by atoms with van der Waals surface area (Å²) in [6, 6.07) is 0. The highest BCUT2D eigenvalue weighted by atomic mass is 16.5. The van der Waals surface area contributed by atoms with Gasteiger partial charge in [0, 0.05) is 24.3 Å². The van der Waals surface area contributed by atoms with Crippen LogP contribution in [-0.4, -0.2) is 46.6 Å². The van der Waals surface area contributed by atoms with Crippen molar-refractivity contribution in [2.45, 2.75) is 110 Å². The van der Waals surface area contributed by atoms with Gasteiger partial charge in [-0.3, -0.25) is 4.79 Å². The van der Waals surface area contributed by atoms with Crippen molar-refractivity contribution < 1.29 is 29.3 Å². The summed E-state index contributed by atoms with van der Waals surface area (Å²) in [4.78, 5) is 23.7. The molecule has 4 rings (SSSR count). The second-order valence-corrected chi connectivity index (χ2v) is 11.8. The van der Waals surface area contributed by atoms with E-state index in [1.807, 2.05) is 13.8 Å². The van der Waals surface area contributed by atoms with Crippen LogP contribution in [-0.2, 0) is 19.1 Å². The third kappa shape index (κ3) is 4.05. The second-order valence-electron chi connectivity index (χ2n) is 11.8. The zero-order valence-corrected chi connectivity index (χ0v) is 20.8. The lowest BCUT2D eigenvalue weighted by molar-refractivity contribution is -0.291. The van der Waals surface area contributed by atoms with E-state index in [0.717, 1.165) is 24.8 Å². The molecule has 4 aliphatic rings. The number of rotatable bonds is 5. The van der Waals surface area contributed by atoms with Gasteiger partial charge in [-0.05, 0) is 67.8 Å². The van der Waals surface area contributed by atoms with Crippen molar-refractivity contribution in [3.05, 3.63) is 11.6 Å². The Morgan fingerprint density at radius 1 is 1.21 bits per heavy atom. The Morgan fingerprint density at radius 2 is 1.91 bits per heavy atom. The van der Waals surface area contributed by atoms with Crippen molar-refractivity contribution in [3.8, 4) is 0 Å². The topological polar surface area (TPSA) is 93.1 Å². The van der Waals surface area contributed by atoms with E-state index in [4.69, 9.17) is 9.47 Å². The first-order valence-corrected chi connectivity index (χ1v) is 13.0. The van der Waals surface area contributed by atoms with Crippen LogP contribution in [0.2, 0.25) is 0 Å². The Labute approximate surface area is 198 Å². The Morgan fingerprint density at radius 3 is 2.52 bits per heavy atom. The van der Waals surface area contributed by atoms with Crippen molar-refractivity contribution >= 4 is 11.9 Å². The maximum absolute atomic E-state index is 12.4. The van der Waals surface area contributed by atoms with Gasteiger partial charge in [0.1, 0.15) is 12.7 Å². The largest absolute Gasteiger partial charge is 0.462 e. The Bertz CT molecular complexity index is 800. The third-order valence-corrected chi connectivity index (χ3v) is 10.1. The number of cyclic esters (lactones) is 1. The summed E-state index contributed by atoms with van der Waals surface area (Å²) >= 11 is 0. The van der Waals surface area contributed by atoms with E-state index < -0.39 is 17.1 Å². The molecule has 0 aromatic rings. The highest BCUT2D eigenvalue weighted by Crippen LogP contribution is 2.67. The van der Waals surface area contributed by atoms with Crippen LogP contribution in [0.5, 0.6) is 0 Å². The molecule has 3 aliphatic carbocycles. The minimum Gasteiger partial charge on any atom is -0.462 e. The van der Waals surface area contributed by atoms with E-state index >= 15 is 0 Å². The minimum atomic E-state index is -1.14. The molecule has 3 saturated carbocycles. The van der Waals surface area contributed by atoms with E-state index in [-0.39, 0.29) is 41.9 Å². The smallest absolute Gasteiger partial charge is 0.331 e. The summed E-state index contributed by atoms with van der Waals surface area (Å²) in [6.45, 7) is 8.13. The lowest BCUT2D eigenvalue weighted by atomic mass is 9.39. The Hall–Kier alpha value is -1.40. The predicted molar refractivity (Wildman–Crippen MR) is 124 cm³/mol. The van der Waals surface area contributed by atoms with Gasteiger partial charge in [-0.1, -0.05) is 40.0 Å². The second kappa shape index (κ2) is 8.99. The standard InChI is InChI=1S/C27H42O6/c1-17-14-21(33-18(2)28)24-25(3,20-8-6-5-7-9-20)12-11-22(29)26(24,4)27(17,31)13-10-19-15-23(30)32-16-19/h15,17,20-22,24,29,31H,5-14,16H2,1-4H3. The normalized spacial score (nSPS) is 44.1. The number of hydrogen-bond donors (Lipinski definition) is 2. The number of hydrogen-bond acceptors (Lipinski definition) is 6. The molecule has 7 unspecified atom stereocenters. The third-order valence-electron chi connectivity index (χ3n) is 10.1. The number of fused-ring (bicyclic) bond motifs is 1. The van der Waals surface area contributed by atoms with Gasteiger partial charge in [0.05, 0.1) is 11.7 Å². The summed E-state index contributed by atoms with van der Waals surface area (Å²) in [5.41, 5.74) is -1.19. The molecule has 0 aromatic carbocycles. The highest BCUT2D eigenvalue weighted by molar-refractivity contribution is 5.85. The van der Waals surface area contributed by atoms with Crippen molar-refractivity contribution in [3.63, 3.8) is 0 Å². The van der Waals surface area contributed by atoms with Crippen molar-refractivity contribution in [2.24, 2.45) is 28.6 Å². The quantitative estimate of drug-likeness (QED) is 0.591. The van der Waals surface area contributed by atoms with Gasteiger partial charge in [0.2, 0.25) is 0 Å². The molecule has 6 nitrogen and oxygen atoms in total. The van der Waals surface area contributed by atoms with E-state index in [0.29, 0.717) is 31.6 Å². The first-order valence-electron chi connectivity index (χ1n) is 13.0. The number of esters is 2. The summed E-state index contributed by atoms with van der Waals surface area (Å²) in [7, 11) is 0. The van der Waals surface area contributed by atoms with E-state index in [2.05, 4.69) is 6.92 Å². The zero-order valence-electron chi connectivity index (χ0n) is 20.8. The molecule has 0 saturated heterocycles. The van der Waals surface area contributed by atoms with Crippen LogP contribution in [0.25, 0.3) is 0 Å². The summed E-state index contributed by atoms with van der Waals surface area (Å²) in [5, 5.41) is 24.0. The SMILES string of the molecule is CC(=O)OC1CC(C)C(O)(CCC2=CC(=O)OC2)C2(C)C(O)CCC(C)(C3CCCCC3)C12. The monoisotopic (exact) mass is 462 g/mol. The van der Waals surface area contributed by atoms with Crippen LogP contribution in [0, 0.1) is 28.6 Å². The van der Waals surface area contributed by atoms with Crippen LogP contribution in [0.1, 0.15) is 91.9 Å². The molecular formula is C27H42O6. The first-order chi connectivity index (χ1) is 15.5. The molecule has 33 heavy (non-hydrogen) atoms. The fourth-order valence-electron chi connectivity index (χ4n) is 8.35. The van der Waals surface area contributed by atoms with E-state index in [1.54, 1.807) is 0 Å². The Balaban J connectivity index is 1.74.